The highest BCUT2D eigenvalue weighted by Gasteiger charge is 2.14. The second-order valence-electron chi connectivity index (χ2n) is 3.56. The van der Waals surface area contributed by atoms with Crippen molar-refractivity contribution in [2.45, 2.75) is 19.3 Å². The lowest BCUT2D eigenvalue weighted by atomic mass is 10.1. The van der Waals surface area contributed by atoms with Crippen molar-refractivity contribution in [3.05, 3.63) is 29.6 Å². The van der Waals surface area contributed by atoms with E-state index in [1.165, 1.54) is 6.07 Å². The Hall–Kier alpha value is -2.02. The maximum Gasteiger partial charge on any atom is 0.340 e. The Morgan fingerprint density at radius 3 is 2.88 bits per heavy atom. The monoisotopic (exact) mass is 235 g/mol. The number of carboxylic acid groups (broad SMARTS) is 1. The van der Waals surface area contributed by atoms with Crippen LogP contribution < -0.4 is 5.32 Å². The van der Waals surface area contributed by atoms with Gasteiger partial charge in [-0.1, -0.05) is 6.07 Å². The number of halogens is 1. The Bertz CT molecular complexity index is 438. The van der Waals surface area contributed by atoms with Gasteiger partial charge in [-0.25, -0.2) is 9.18 Å². The van der Waals surface area contributed by atoms with Crippen LogP contribution in [0.15, 0.2) is 18.2 Å². The zero-order valence-electron chi connectivity index (χ0n) is 9.37. The third kappa shape index (κ3) is 3.80. The Morgan fingerprint density at radius 2 is 2.24 bits per heavy atom. The molecule has 0 aliphatic heterocycles. The lowest BCUT2D eigenvalue weighted by molar-refractivity contribution is 0.0693. The van der Waals surface area contributed by atoms with E-state index in [0.29, 0.717) is 18.7 Å². The van der Waals surface area contributed by atoms with Crippen molar-refractivity contribution in [2.24, 2.45) is 0 Å². The van der Waals surface area contributed by atoms with Gasteiger partial charge in [-0.05, 0) is 25.0 Å². The Kier molecular flexibility index (Phi) is 5.02. The zero-order valence-corrected chi connectivity index (χ0v) is 9.37. The lowest BCUT2D eigenvalue weighted by Gasteiger charge is -2.09. The van der Waals surface area contributed by atoms with Crippen LogP contribution in [0.2, 0.25) is 0 Å². The van der Waals surface area contributed by atoms with Crippen molar-refractivity contribution in [1.82, 2.24) is 0 Å². The molecule has 0 bridgehead atoms. The molecule has 0 aromatic heterocycles. The van der Waals surface area contributed by atoms with Gasteiger partial charge in [0.25, 0.3) is 0 Å². The van der Waals surface area contributed by atoms with Crippen molar-refractivity contribution in [3.8, 4) is 12.3 Å². The first-order chi connectivity index (χ1) is 8.16. The van der Waals surface area contributed by atoms with Crippen molar-refractivity contribution >= 4 is 11.7 Å². The molecule has 2 N–H and O–H groups in total. The summed E-state index contributed by atoms with van der Waals surface area (Å²) in [6, 6.07) is 4.16. The summed E-state index contributed by atoms with van der Waals surface area (Å²) in [5, 5.41) is 11.8. The highest BCUT2D eigenvalue weighted by atomic mass is 19.1. The molecule has 1 aromatic rings. The minimum absolute atomic E-state index is 0.304. The molecule has 1 aromatic carbocycles. The molecule has 0 amide bonds. The number of terminal acetylenes is 1. The van der Waals surface area contributed by atoms with E-state index >= 15 is 0 Å². The molecule has 0 heterocycles. The van der Waals surface area contributed by atoms with Crippen LogP contribution in [0.25, 0.3) is 0 Å². The van der Waals surface area contributed by atoms with E-state index in [9.17, 15) is 9.18 Å². The summed E-state index contributed by atoms with van der Waals surface area (Å²) in [6.45, 7) is 0.575. The predicted molar refractivity (Wildman–Crippen MR) is 64.5 cm³/mol. The van der Waals surface area contributed by atoms with Crippen LogP contribution in [0.3, 0.4) is 0 Å². The van der Waals surface area contributed by atoms with Crippen LogP contribution >= 0.6 is 0 Å². The van der Waals surface area contributed by atoms with Crippen LogP contribution in [0.1, 0.15) is 29.6 Å². The summed E-state index contributed by atoms with van der Waals surface area (Å²) in [5.74, 6) is 0.524. The van der Waals surface area contributed by atoms with Gasteiger partial charge in [0.05, 0.1) is 5.69 Å². The topological polar surface area (TPSA) is 49.3 Å². The molecule has 0 unspecified atom stereocenters. The summed E-state index contributed by atoms with van der Waals surface area (Å²) < 4.78 is 13.3. The molecule has 0 aliphatic carbocycles. The van der Waals surface area contributed by atoms with Crippen molar-refractivity contribution in [1.29, 1.82) is 0 Å². The Balaban J connectivity index is 2.62. The number of unbranched alkanes of at least 4 members (excludes halogenated alkanes) is 2. The minimum atomic E-state index is -1.27. The largest absolute Gasteiger partial charge is 0.478 e. The fourth-order valence-corrected chi connectivity index (χ4v) is 1.46. The van der Waals surface area contributed by atoms with E-state index in [-0.39, 0.29) is 5.56 Å². The normalized spacial score (nSPS) is 9.65. The van der Waals surface area contributed by atoms with Crippen LogP contribution in [-0.4, -0.2) is 17.6 Å². The molecule has 1 rings (SSSR count). The molecule has 3 nitrogen and oxygen atoms in total. The SMILES string of the molecule is C#CCCCCNc1cccc(F)c1C(=O)O. The average molecular weight is 235 g/mol. The Labute approximate surface area is 99.7 Å². The van der Waals surface area contributed by atoms with E-state index in [2.05, 4.69) is 11.2 Å². The summed E-state index contributed by atoms with van der Waals surface area (Å²) in [5.41, 5.74) is -0.0114. The summed E-state index contributed by atoms with van der Waals surface area (Å²) in [4.78, 5) is 10.9. The molecular weight excluding hydrogens is 221 g/mol. The van der Waals surface area contributed by atoms with Gasteiger partial charge in [-0.15, -0.1) is 12.3 Å². The molecule has 0 fully saturated rings. The van der Waals surface area contributed by atoms with Gasteiger partial charge >= 0.3 is 5.97 Å². The van der Waals surface area contributed by atoms with E-state index < -0.39 is 11.8 Å². The van der Waals surface area contributed by atoms with Gasteiger partial charge in [0, 0.05) is 13.0 Å². The first-order valence-corrected chi connectivity index (χ1v) is 5.36. The highest BCUT2D eigenvalue weighted by molar-refractivity contribution is 5.94. The van der Waals surface area contributed by atoms with Crippen LogP contribution in [0.4, 0.5) is 10.1 Å². The number of carboxylic acids is 1. The smallest absolute Gasteiger partial charge is 0.340 e. The number of hydrogen-bond donors (Lipinski definition) is 2. The quantitative estimate of drug-likeness (QED) is 0.588. The maximum atomic E-state index is 13.3. The standard InChI is InChI=1S/C13H14FNO2/c1-2-3-4-5-9-15-11-8-6-7-10(14)12(11)13(16)17/h1,6-8,15H,3-5,9H2,(H,16,17). The van der Waals surface area contributed by atoms with Crippen molar-refractivity contribution in [3.63, 3.8) is 0 Å². The van der Waals surface area contributed by atoms with E-state index in [4.69, 9.17) is 11.5 Å². The molecule has 0 atom stereocenters. The number of nitrogens with one attached hydrogen (secondary N) is 1. The van der Waals surface area contributed by atoms with Gasteiger partial charge in [-0.2, -0.15) is 0 Å². The molecule has 17 heavy (non-hydrogen) atoms. The molecular formula is C13H14FNO2. The number of rotatable bonds is 6. The zero-order chi connectivity index (χ0) is 12.7. The summed E-state index contributed by atoms with van der Waals surface area (Å²) >= 11 is 0. The number of carbonyl (C=O) groups is 1. The molecule has 4 heteroatoms. The predicted octanol–water partition coefficient (Wildman–Crippen LogP) is 2.74. The number of benzene rings is 1. The van der Waals surface area contributed by atoms with Gasteiger partial charge in [-0.3, -0.25) is 0 Å². The highest BCUT2D eigenvalue weighted by Crippen LogP contribution is 2.18. The second-order valence-corrected chi connectivity index (χ2v) is 3.56. The molecule has 90 valence electrons. The first kappa shape index (κ1) is 13.0. The minimum Gasteiger partial charge on any atom is -0.478 e. The van der Waals surface area contributed by atoms with Crippen LogP contribution in [0, 0.1) is 18.2 Å². The molecule has 0 radical (unpaired) electrons. The first-order valence-electron chi connectivity index (χ1n) is 5.36. The van der Waals surface area contributed by atoms with Gasteiger partial charge in [0.2, 0.25) is 0 Å². The van der Waals surface area contributed by atoms with Gasteiger partial charge < -0.3 is 10.4 Å². The number of aromatic carboxylic acids is 1. The summed E-state index contributed by atoms with van der Waals surface area (Å²) in [6.07, 6.45) is 7.48. The van der Waals surface area contributed by atoms with Crippen LogP contribution in [0.5, 0.6) is 0 Å². The van der Waals surface area contributed by atoms with Crippen LogP contribution in [-0.2, 0) is 0 Å². The fourth-order valence-electron chi connectivity index (χ4n) is 1.46. The fraction of sp³-hybridized carbons (Fsp3) is 0.308. The third-order valence-corrected chi connectivity index (χ3v) is 2.29. The average Bonchev–Trinajstić information content (AvgIpc) is 2.28. The Morgan fingerprint density at radius 1 is 1.47 bits per heavy atom. The number of hydrogen-bond acceptors (Lipinski definition) is 2. The molecule has 0 saturated carbocycles. The van der Waals surface area contributed by atoms with E-state index in [1.54, 1.807) is 6.07 Å². The maximum absolute atomic E-state index is 13.3. The van der Waals surface area contributed by atoms with Crippen molar-refractivity contribution in [2.75, 3.05) is 11.9 Å². The molecule has 0 spiro atoms. The van der Waals surface area contributed by atoms with Crippen molar-refractivity contribution < 1.29 is 14.3 Å². The number of anilines is 1. The lowest BCUT2D eigenvalue weighted by Crippen LogP contribution is -2.09. The van der Waals surface area contributed by atoms with E-state index in [0.717, 1.165) is 18.9 Å². The summed E-state index contributed by atoms with van der Waals surface area (Å²) in [7, 11) is 0. The van der Waals surface area contributed by atoms with Gasteiger partial charge in [0.1, 0.15) is 11.4 Å². The van der Waals surface area contributed by atoms with Gasteiger partial charge in [0.15, 0.2) is 0 Å². The molecule has 0 saturated heterocycles. The second kappa shape index (κ2) is 6.54. The third-order valence-electron chi connectivity index (χ3n) is 2.29. The van der Waals surface area contributed by atoms with E-state index in [1.807, 2.05) is 0 Å². The molecule has 0 aliphatic rings.